The van der Waals surface area contributed by atoms with Crippen molar-refractivity contribution in [2.45, 2.75) is 26.3 Å². The van der Waals surface area contributed by atoms with Gasteiger partial charge in [0.1, 0.15) is 5.82 Å². The second-order valence-electron chi connectivity index (χ2n) is 5.10. The van der Waals surface area contributed by atoms with Gasteiger partial charge in [-0.05, 0) is 37.3 Å². The fraction of sp³-hybridized carbons (Fsp3) is 0.643. The van der Waals surface area contributed by atoms with Crippen LogP contribution >= 0.6 is 0 Å². The first-order valence-electron chi connectivity index (χ1n) is 6.65. The molecule has 0 amide bonds. The Morgan fingerprint density at radius 2 is 2.39 bits per heavy atom. The first-order chi connectivity index (χ1) is 8.72. The van der Waals surface area contributed by atoms with Crippen molar-refractivity contribution in [2.24, 2.45) is 11.7 Å². The van der Waals surface area contributed by atoms with Gasteiger partial charge in [0.25, 0.3) is 0 Å². The number of anilines is 1. The standard InChI is InChI=1S/C14H23N3O/c1-11-5-6-16-14(13(11)8-15)17(2)9-12-4-3-7-18-10-12/h5-6,12H,3-4,7-10,15H2,1-2H3. The quantitative estimate of drug-likeness (QED) is 0.882. The molecule has 1 unspecified atom stereocenters. The molecule has 0 saturated carbocycles. The minimum atomic E-state index is 0.542. The number of rotatable bonds is 4. The van der Waals surface area contributed by atoms with Crippen LogP contribution in [0.15, 0.2) is 12.3 Å². The number of hydrogen-bond acceptors (Lipinski definition) is 4. The van der Waals surface area contributed by atoms with Gasteiger partial charge in [-0.25, -0.2) is 4.98 Å². The van der Waals surface area contributed by atoms with E-state index in [1.54, 1.807) is 0 Å². The van der Waals surface area contributed by atoms with Crippen LogP contribution in [0.2, 0.25) is 0 Å². The van der Waals surface area contributed by atoms with Crippen molar-refractivity contribution in [3.8, 4) is 0 Å². The lowest BCUT2D eigenvalue weighted by molar-refractivity contribution is 0.0576. The van der Waals surface area contributed by atoms with Crippen LogP contribution < -0.4 is 10.6 Å². The third-order valence-corrected chi connectivity index (χ3v) is 3.62. The predicted molar refractivity (Wildman–Crippen MR) is 73.7 cm³/mol. The average molecular weight is 249 g/mol. The van der Waals surface area contributed by atoms with E-state index in [4.69, 9.17) is 10.5 Å². The van der Waals surface area contributed by atoms with Gasteiger partial charge in [0.05, 0.1) is 6.61 Å². The molecule has 0 aliphatic carbocycles. The van der Waals surface area contributed by atoms with Crippen LogP contribution in [0.1, 0.15) is 24.0 Å². The summed E-state index contributed by atoms with van der Waals surface area (Å²) in [4.78, 5) is 6.70. The zero-order chi connectivity index (χ0) is 13.0. The third-order valence-electron chi connectivity index (χ3n) is 3.62. The maximum atomic E-state index is 5.83. The van der Waals surface area contributed by atoms with Gasteiger partial charge in [-0.2, -0.15) is 0 Å². The summed E-state index contributed by atoms with van der Waals surface area (Å²) in [6.07, 6.45) is 4.27. The molecule has 1 aromatic rings. The molecule has 1 aliphatic heterocycles. The van der Waals surface area contributed by atoms with E-state index in [9.17, 15) is 0 Å². The molecule has 0 spiro atoms. The van der Waals surface area contributed by atoms with E-state index in [0.29, 0.717) is 12.5 Å². The molecular formula is C14H23N3O. The number of nitrogens with two attached hydrogens (primary N) is 1. The Hall–Kier alpha value is -1.13. The van der Waals surface area contributed by atoms with Gasteiger partial charge in [0, 0.05) is 38.5 Å². The second kappa shape index (κ2) is 6.16. The number of nitrogens with zero attached hydrogens (tertiary/aromatic N) is 2. The summed E-state index contributed by atoms with van der Waals surface area (Å²) < 4.78 is 5.53. The SMILES string of the molecule is Cc1ccnc(N(C)CC2CCCOC2)c1CN. The first kappa shape index (κ1) is 13.3. The molecule has 1 aromatic heterocycles. The highest BCUT2D eigenvalue weighted by atomic mass is 16.5. The fourth-order valence-corrected chi connectivity index (χ4v) is 2.58. The van der Waals surface area contributed by atoms with E-state index in [1.165, 1.54) is 18.4 Å². The van der Waals surface area contributed by atoms with E-state index < -0.39 is 0 Å². The number of aromatic nitrogens is 1. The van der Waals surface area contributed by atoms with Gasteiger partial charge in [0.15, 0.2) is 0 Å². The molecule has 1 saturated heterocycles. The van der Waals surface area contributed by atoms with Gasteiger partial charge in [0.2, 0.25) is 0 Å². The molecule has 0 radical (unpaired) electrons. The Labute approximate surface area is 109 Å². The number of aryl methyl sites for hydroxylation is 1. The Balaban J connectivity index is 2.07. The minimum absolute atomic E-state index is 0.542. The first-order valence-corrected chi connectivity index (χ1v) is 6.65. The van der Waals surface area contributed by atoms with Crippen LogP contribution in [-0.4, -0.2) is 31.8 Å². The number of ether oxygens (including phenoxy) is 1. The van der Waals surface area contributed by atoms with Gasteiger partial charge in [-0.3, -0.25) is 0 Å². The van der Waals surface area contributed by atoms with Gasteiger partial charge >= 0.3 is 0 Å². The largest absolute Gasteiger partial charge is 0.381 e. The highest BCUT2D eigenvalue weighted by Gasteiger charge is 2.18. The Bertz CT molecular complexity index is 389. The molecular weight excluding hydrogens is 226 g/mol. The Morgan fingerprint density at radius 3 is 3.06 bits per heavy atom. The second-order valence-corrected chi connectivity index (χ2v) is 5.10. The lowest BCUT2D eigenvalue weighted by Gasteiger charge is -2.29. The zero-order valence-corrected chi connectivity index (χ0v) is 11.4. The normalized spacial score (nSPS) is 19.8. The summed E-state index contributed by atoms with van der Waals surface area (Å²) in [5.41, 5.74) is 8.20. The van der Waals surface area contributed by atoms with E-state index >= 15 is 0 Å². The summed E-state index contributed by atoms with van der Waals surface area (Å²) >= 11 is 0. The molecule has 1 aliphatic rings. The van der Waals surface area contributed by atoms with Crippen LogP contribution in [0, 0.1) is 12.8 Å². The van der Waals surface area contributed by atoms with Crippen molar-refractivity contribution in [3.05, 3.63) is 23.4 Å². The average Bonchev–Trinajstić information content (AvgIpc) is 2.39. The molecule has 2 heterocycles. The maximum absolute atomic E-state index is 5.83. The molecule has 1 atom stereocenters. The monoisotopic (exact) mass is 249 g/mol. The Morgan fingerprint density at radius 1 is 1.56 bits per heavy atom. The Kier molecular flexibility index (Phi) is 4.55. The van der Waals surface area contributed by atoms with Crippen molar-refractivity contribution in [1.29, 1.82) is 0 Å². The molecule has 2 N–H and O–H groups in total. The summed E-state index contributed by atoms with van der Waals surface area (Å²) in [6.45, 7) is 5.40. The summed E-state index contributed by atoms with van der Waals surface area (Å²) in [7, 11) is 2.09. The summed E-state index contributed by atoms with van der Waals surface area (Å²) in [6, 6.07) is 2.02. The van der Waals surface area contributed by atoms with E-state index in [2.05, 4.69) is 23.9 Å². The predicted octanol–water partition coefficient (Wildman–Crippen LogP) is 1.71. The van der Waals surface area contributed by atoms with Crippen LogP contribution in [0.5, 0.6) is 0 Å². The lowest BCUT2D eigenvalue weighted by atomic mass is 10.0. The van der Waals surface area contributed by atoms with Crippen molar-refractivity contribution >= 4 is 5.82 Å². The van der Waals surface area contributed by atoms with Gasteiger partial charge in [-0.15, -0.1) is 0 Å². The summed E-state index contributed by atoms with van der Waals surface area (Å²) in [5.74, 6) is 1.62. The van der Waals surface area contributed by atoms with Crippen molar-refractivity contribution < 1.29 is 4.74 Å². The summed E-state index contributed by atoms with van der Waals surface area (Å²) in [5, 5.41) is 0. The topological polar surface area (TPSA) is 51.4 Å². The molecule has 4 heteroatoms. The lowest BCUT2D eigenvalue weighted by Crippen LogP contribution is -2.32. The smallest absolute Gasteiger partial charge is 0.133 e. The molecule has 4 nitrogen and oxygen atoms in total. The molecule has 18 heavy (non-hydrogen) atoms. The fourth-order valence-electron chi connectivity index (χ4n) is 2.58. The van der Waals surface area contributed by atoms with Crippen LogP contribution in [0.3, 0.4) is 0 Å². The zero-order valence-electron chi connectivity index (χ0n) is 11.4. The number of pyridine rings is 1. The highest BCUT2D eigenvalue weighted by molar-refractivity contribution is 5.49. The van der Waals surface area contributed by atoms with E-state index in [1.807, 2.05) is 12.3 Å². The van der Waals surface area contributed by atoms with Crippen molar-refractivity contribution in [2.75, 3.05) is 31.7 Å². The van der Waals surface area contributed by atoms with Crippen LogP contribution in [0.25, 0.3) is 0 Å². The van der Waals surface area contributed by atoms with E-state index in [0.717, 1.165) is 31.1 Å². The van der Waals surface area contributed by atoms with Gasteiger partial charge < -0.3 is 15.4 Å². The maximum Gasteiger partial charge on any atom is 0.133 e. The number of hydrogen-bond donors (Lipinski definition) is 1. The van der Waals surface area contributed by atoms with Gasteiger partial charge in [-0.1, -0.05) is 0 Å². The molecule has 1 fully saturated rings. The molecule has 0 bridgehead atoms. The van der Waals surface area contributed by atoms with E-state index in [-0.39, 0.29) is 0 Å². The molecule has 100 valence electrons. The highest BCUT2D eigenvalue weighted by Crippen LogP contribution is 2.22. The third kappa shape index (κ3) is 3.00. The van der Waals surface area contributed by atoms with Crippen molar-refractivity contribution in [3.63, 3.8) is 0 Å². The van der Waals surface area contributed by atoms with Crippen LogP contribution in [-0.2, 0) is 11.3 Å². The van der Waals surface area contributed by atoms with Crippen molar-refractivity contribution in [1.82, 2.24) is 4.98 Å². The minimum Gasteiger partial charge on any atom is -0.381 e. The van der Waals surface area contributed by atoms with Crippen LogP contribution in [0.4, 0.5) is 5.82 Å². The molecule has 0 aromatic carbocycles. The molecule has 2 rings (SSSR count).